The summed E-state index contributed by atoms with van der Waals surface area (Å²) in [4.78, 5) is 12.1. The molecule has 1 atom stereocenters. The van der Waals surface area contributed by atoms with E-state index in [9.17, 15) is 4.79 Å². The third-order valence-corrected chi connectivity index (χ3v) is 3.76. The fraction of sp³-hybridized carbons (Fsp3) is 0.471. The first-order chi connectivity index (χ1) is 10.0. The Morgan fingerprint density at radius 3 is 2.57 bits per heavy atom. The van der Waals surface area contributed by atoms with Crippen molar-refractivity contribution >= 4 is 17.5 Å². The molecule has 0 heterocycles. The maximum absolute atomic E-state index is 12.1. The van der Waals surface area contributed by atoms with Crippen LogP contribution in [0.1, 0.15) is 56.3 Å². The van der Waals surface area contributed by atoms with Gasteiger partial charge in [-0.3, -0.25) is 10.2 Å². The fourth-order valence-corrected chi connectivity index (χ4v) is 2.31. The van der Waals surface area contributed by atoms with Crippen LogP contribution in [0.15, 0.2) is 36.9 Å². The van der Waals surface area contributed by atoms with Crippen molar-refractivity contribution in [3.05, 3.63) is 47.5 Å². The predicted molar refractivity (Wildman–Crippen MR) is 89.4 cm³/mol. The predicted octanol–water partition coefficient (Wildman–Crippen LogP) is 4.49. The van der Waals surface area contributed by atoms with Gasteiger partial charge in [0.25, 0.3) is 5.91 Å². The van der Waals surface area contributed by atoms with Crippen LogP contribution in [0.4, 0.5) is 0 Å². The lowest BCUT2D eigenvalue weighted by Crippen LogP contribution is -2.52. The van der Waals surface area contributed by atoms with Gasteiger partial charge in [0.05, 0.1) is 0 Å². The summed E-state index contributed by atoms with van der Waals surface area (Å²) in [5, 5.41) is 0.621. The smallest absolute Gasteiger partial charge is 0.265 e. The number of carbonyl (C=O) groups is 1. The first kappa shape index (κ1) is 17.7. The van der Waals surface area contributed by atoms with Gasteiger partial charge in [0.2, 0.25) is 0 Å². The molecule has 1 amide bonds. The SMILES string of the molecule is C=CCC(C)(CCCCC)NNC(=O)c1ccc(Cl)cc1. The topological polar surface area (TPSA) is 41.1 Å². The van der Waals surface area contributed by atoms with Gasteiger partial charge in [0, 0.05) is 16.1 Å². The third-order valence-electron chi connectivity index (χ3n) is 3.51. The minimum atomic E-state index is -0.168. The van der Waals surface area contributed by atoms with Crippen LogP contribution < -0.4 is 10.9 Å². The minimum absolute atomic E-state index is 0.155. The molecule has 1 unspecified atom stereocenters. The molecule has 0 saturated heterocycles. The van der Waals surface area contributed by atoms with Crippen molar-refractivity contribution < 1.29 is 4.79 Å². The lowest BCUT2D eigenvalue weighted by atomic mass is 9.91. The molecule has 116 valence electrons. The van der Waals surface area contributed by atoms with E-state index in [-0.39, 0.29) is 11.4 Å². The summed E-state index contributed by atoms with van der Waals surface area (Å²) >= 11 is 5.82. The van der Waals surface area contributed by atoms with E-state index in [1.807, 2.05) is 6.08 Å². The fourth-order valence-electron chi connectivity index (χ4n) is 2.18. The normalized spacial score (nSPS) is 13.5. The molecular weight excluding hydrogens is 284 g/mol. The summed E-state index contributed by atoms with van der Waals surface area (Å²) in [5.41, 5.74) is 6.37. The van der Waals surface area contributed by atoms with Crippen LogP contribution in [0.5, 0.6) is 0 Å². The molecule has 0 aliphatic carbocycles. The van der Waals surface area contributed by atoms with E-state index in [1.54, 1.807) is 24.3 Å². The van der Waals surface area contributed by atoms with Gasteiger partial charge < -0.3 is 0 Å². The molecule has 1 rings (SSSR count). The van der Waals surface area contributed by atoms with Gasteiger partial charge in [0.15, 0.2) is 0 Å². The number of hydrogen-bond donors (Lipinski definition) is 2. The Morgan fingerprint density at radius 2 is 2.00 bits per heavy atom. The Bertz CT molecular complexity index is 458. The van der Waals surface area contributed by atoms with Gasteiger partial charge in [-0.05, 0) is 44.0 Å². The van der Waals surface area contributed by atoms with E-state index < -0.39 is 0 Å². The Kier molecular flexibility index (Phi) is 7.48. The summed E-state index contributed by atoms with van der Waals surface area (Å²) in [5.74, 6) is -0.155. The summed E-state index contributed by atoms with van der Waals surface area (Å²) in [7, 11) is 0. The maximum Gasteiger partial charge on any atom is 0.265 e. The van der Waals surface area contributed by atoms with Crippen LogP contribution in [-0.4, -0.2) is 11.4 Å². The Morgan fingerprint density at radius 1 is 1.33 bits per heavy atom. The molecule has 4 heteroatoms. The Balaban J connectivity index is 2.57. The molecule has 3 nitrogen and oxygen atoms in total. The second-order valence-corrected chi connectivity index (χ2v) is 6.03. The van der Waals surface area contributed by atoms with Gasteiger partial charge in [-0.2, -0.15) is 0 Å². The average molecular weight is 309 g/mol. The molecule has 0 radical (unpaired) electrons. The van der Waals surface area contributed by atoms with Crippen LogP contribution in [0.2, 0.25) is 5.02 Å². The number of unbranched alkanes of at least 4 members (excludes halogenated alkanes) is 2. The summed E-state index contributed by atoms with van der Waals surface area (Å²) in [6, 6.07) is 6.84. The molecular formula is C17H25ClN2O. The van der Waals surface area contributed by atoms with Crippen molar-refractivity contribution in [2.24, 2.45) is 0 Å². The number of halogens is 1. The van der Waals surface area contributed by atoms with Gasteiger partial charge >= 0.3 is 0 Å². The van der Waals surface area contributed by atoms with Crippen LogP contribution >= 0.6 is 11.6 Å². The molecule has 0 spiro atoms. The summed E-state index contributed by atoms with van der Waals surface area (Å²) < 4.78 is 0. The van der Waals surface area contributed by atoms with Crippen molar-refractivity contribution in [3.8, 4) is 0 Å². The average Bonchev–Trinajstić information content (AvgIpc) is 2.46. The number of rotatable bonds is 9. The first-order valence-corrected chi connectivity index (χ1v) is 7.82. The van der Waals surface area contributed by atoms with Crippen LogP contribution in [0.25, 0.3) is 0 Å². The molecule has 0 aromatic heterocycles. The van der Waals surface area contributed by atoms with Gasteiger partial charge in [0.1, 0.15) is 0 Å². The molecule has 0 aliphatic heterocycles. The van der Waals surface area contributed by atoms with Crippen molar-refractivity contribution in [2.75, 3.05) is 0 Å². The molecule has 21 heavy (non-hydrogen) atoms. The highest BCUT2D eigenvalue weighted by Crippen LogP contribution is 2.18. The van der Waals surface area contributed by atoms with Crippen molar-refractivity contribution in [3.63, 3.8) is 0 Å². The van der Waals surface area contributed by atoms with Crippen molar-refractivity contribution in [1.29, 1.82) is 0 Å². The highest BCUT2D eigenvalue weighted by atomic mass is 35.5. The molecule has 2 N–H and O–H groups in total. The number of hydrazine groups is 1. The highest BCUT2D eigenvalue weighted by Gasteiger charge is 2.22. The monoisotopic (exact) mass is 308 g/mol. The Labute approximate surface area is 132 Å². The second-order valence-electron chi connectivity index (χ2n) is 5.60. The molecule has 0 bridgehead atoms. The lowest BCUT2D eigenvalue weighted by Gasteiger charge is -2.30. The summed E-state index contributed by atoms with van der Waals surface area (Å²) in [6.45, 7) is 8.09. The number of amides is 1. The zero-order valence-corrected chi connectivity index (χ0v) is 13.7. The number of carbonyl (C=O) groups excluding carboxylic acids is 1. The zero-order valence-electron chi connectivity index (χ0n) is 12.9. The summed E-state index contributed by atoms with van der Waals surface area (Å²) in [6.07, 6.45) is 7.18. The second kappa shape index (κ2) is 8.85. The number of nitrogens with one attached hydrogen (secondary N) is 2. The molecule has 0 aliphatic rings. The van der Waals surface area contributed by atoms with E-state index >= 15 is 0 Å². The maximum atomic E-state index is 12.1. The standard InChI is InChI=1S/C17H25ClN2O/c1-4-6-7-13-17(3,12-5-2)20-19-16(21)14-8-10-15(18)11-9-14/h5,8-11,20H,2,4,6-7,12-13H2,1,3H3,(H,19,21). The van der Waals surface area contributed by atoms with Crippen molar-refractivity contribution in [2.45, 2.75) is 51.5 Å². The Hall–Kier alpha value is -1.32. The lowest BCUT2D eigenvalue weighted by molar-refractivity contribution is 0.0903. The first-order valence-electron chi connectivity index (χ1n) is 7.45. The van der Waals surface area contributed by atoms with Crippen LogP contribution in [-0.2, 0) is 0 Å². The minimum Gasteiger partial charge on any atom is -0.287 e. The van der Waals surface area contributed by atoms with E-state index in [2.05, 4.69) is 31.3 Å². The van der Waals surface area contributed by atoms with E-state index in [1.165, 1.54) is 12.8 Å². The number of benzene rings is 1. The van der Waals surface area contributed by atoms with E-state index in [0.29, 0.717) is 10.6 Å². The third kappa shape index (κ3) is 6.32. The molecule has 1 aromatic carbocycles. The zero-order chi connectivity index (χ0) is 15.7. The molecule has 1 aromatic rings. The van der Waals surface area contributed by atoms with E-state index in [0.717, 1.165) is 19.3 Å². The quantitative estimate of drug-likeness (QED) is 0.401. The largest absolute Gasteiger partial charge is 0.287 e. The van der Waals surface area contributed by atoms with Gasteiger partial charge in [-0.25, -0.2) is 5.43 Å². The molecule has 0 saturated carbocycles. The molecule has 0 fully saturated rings. The van der Waals surface area contributed by atoms with Crippen molar-refractivity contribution in [1.82, 2.24) is 10.9 Å². The number of hydrogen-bond acceptors (Lipinski definition) is 2. The van der Waals surface area contributed by atoms with Crippen LogP contribution in [0, 0.1) is 0 Å². The van der Waals surface area contributed by atoms with Crippen LogP contribution in [0.3, 0.4) is 0 Å². The van der Waals surface area contributed by atoms with Gasteiger partial charge in [-0.1, -0.05) is 43.9 Å². The highest BCUT2D eigenvalue weighted by molar-refractivity contribution is 6.30. The van der Waals surface area contributed by atoms with Gasteiger partial charge in [-0.15, -0.1) is 6.58 Å². The van der Waals surface area contributed by atoms with E-state index in [4.69, 9.17) is 11.6 Å².